The molecule has 0 aliphatic carbocycles. The zero-order chi connectivity index (χ0) is 23.6. The standard InChI is InChI=1S/C23H29N3O6/c1-23(2,3)32-22(29)25-18(15-31-14-16-9-6-5-7-10-16)21(28)26-24-13-17-11-8-12-19(30-4)20(17)27/h5-13,18,27H,14-15H2,1-4H3,(H,25,29)(H,26,28)/b24-13+. The van der Waals surface area contributed by atoms with Crippen molar-refractivity contribution in [1.82, 2.24) is 10.7 Å². The molecule has 3 N–H and O–H groups in total. The van der Waals surface area contributed by atoms with Gasteiger partial charge in [-0.15, -0.1) is 0 Å². The van der Waals surface area contributed by atoms with Gasteiger partial charge in [0.1, 0.15) is 11.6 Å². The molecule has 0 aromatic heterocycles. The molecule has 0 aliphatic heterocycles. The third-order valence-corrected chi connectivity index (χ3v) is 4.03. The van der Waals surface area contributed by atoms with Crippen LogP contribution in [0.4, 0.5) is 4.79 Å². The third kappa shape index (κ3) is 8.27. The van der Waals surface area contributed by atoms with Crippen LogP contribution in [0.15, 0.2) is 53.6 Å². The third-order valence-electron chi connectivity index (χ3n) is 4.03. The number of ether oxygens (including phenoxy) is 3. The first kappa shape index (κ1) is 24.7. The van der Waals surface area contributed by atoms with Gasteiger partial charge < -0.3 is 24.6 Å². The number of carbonyl (C=O) groups is 2. The Bertz CT molecular complexity index is 925. The number of nitrogens with zero attached hydrogens (tertiary/aromatic N) is 1. The zero-order valence-corrected chi connectivity index (χ0v) is 18.6. The number of methoxy groups -OCH3 is 1. The first-order valence-electron chi connectivity index (χ1n) is 9.99. The van der Waals surface area contributed by atoms with E-state index in [9.17, 15) is 14.7 Å². The van der Waals surface area contributed by atoms with Gasteiger partial charge in [0.15, 0.2) is 11.5 Å². The maximum absolute atomic E-state index is 12.6. The number of hydrogen-bond donors (Lipinski definition) is 3. The van der Waals surface area contributed by atoms with Crippen molar-refractivity contribution in [2.75, 3.05) is 13.7 Å². The van der Waals surface area contributed by atoms with Gasteiger partial charge >= 0.3 is 6.09 Å². The van der Waals surface area contributed by atoms with E-state index >= 15 is 0 Å². The molecule has 0 spiro atoms. The molecule has 9 nitrogen and oxygen atoms in total. The second kappa shape index (κ2) is 11.7. The molecule has 0 heterocycles. The molecule has 0 saturated carbocycles. The van der Waals surface area contributed by atoms with E-state index in [1.165, 1.54) is 13.3 Å². The van der Waals surface area contributed by atoms with E-state index in [2.05, 4.69) is 15.8 Å². The summed E-state index contributed by atoms with van der Waals surface area (Å²) in [6.45, 7) is 5.33. The Morgan fingerprint density at radius 2 is 1.84 bits per heavy atom. The lowest BCUT2D eigenvalue weighted by atomic mass is 10.2. The number of benzene rings is 2. The summed E-state index contributed by atoms with van der Waals surface area (Å²) in [5.41, 5.74) is 2.89. The van der Waals surface area contributed by atoms with E-state index in [0.717, 1.165) is 5.56 Å². The zero-order valence-electron chi connectivity index (χ0n) is 18.6. The number of hydrazone groups is 1. The molecular weight excluding hydrogens is 414 g/mol. The van der Waals surface area contributed by atoms with Gasteiger partial charge in [-0.3, -0.25) is 4.79 Å². The van der Waals surface area contributed by atoms with E-state index in [0.29, 0.717) is 5.56 Å². The van der Waals surface area contributed by atoms with Crippen LogP contribution in [0.5, 0.6) is 11.5 Å². The topological polar surface area (TPSA) is 118 Å². The van der Waals surface area contributed by atoms with Crippen LogP contribution in [0.2, 0.25) is 0 Å². The molecular formula is C23H29N3O6. The van der Waals surface area contributed by atoms with E-state index in [1.54, 1.807) is 39.0 Å². The van der Waals surface area contributed by atoms with Crippen molar-refractivity contribution in [3.63, 3.8) is 0 Å². The van der Waals surface area contributed by atoms with Gasteiger partial charge in [-0.2, -0.15) is 5.10 Å². The van der Waals surface area contributed by atoms with Gasteiger partial charge in [-0.05, 0) is 38.5 Å². The summed E-state index contributed by atoms with van der Waals surface area (Å²) in [7, 11) is 1.43. The molecule has 1 atom stereocenters. The van der Waals surface area contributed by atoms with Crippen molar-refractivity contribution in [1.29, 1.82) is 0 Å². The molecule has 1 unspecified atom stereocenters. The molecule has 2 amide bonds. The fourth-order valence-corrected chi connectivity index (χ4v) is 2.55. The van der Waals surface area contributed by atoms with E-state index in [-0.39, 0.29) is 24.7 Å². The lowest BCUT2D eigenvalue weighted by molar-refractivity contribution is -0.124. The summed E-state index contributed by atoms with van der Waals surface area (Å²) in [6.07, 6.45) is 0.515. The van der Waals surface area contributed by atoms with Crippen LogP contribution < -0.4 is 15.5 Å². The van der Waals surface area contributed by atoms with E-state index in [4.69, 9.17) is 14.2 Å². The number of phenolic OH excluding ortho intramolecular Hbond substituents is 1. The van der Waals surface area contributed by atoms with Gasteiger partial charge in [0.25, 0.3) is 5.91 Å². The van der Waals surface area contributed by atoms with Gasteiger partial charge in [0.2, 0.25) is 0 Å². The Hall–Kier alpha value is -3.59. The number of amides is 2. The normalized spacial score (nSPS) is 12.2. The predicted octanol–water partition coefficient (Wildman–Crippen LogP) is 2.96. The fraction of sp³-hybridized carbons (Fsp3) is 0.348. The number of rotatable bonds is 9. The number of phenols is 1. The maximum Gasteiger partial charge on any atom is 0.408 e. The molecule has 0 aliphatic rings. The summed E-state index contributed by atoms with van der Waals surface area (Å²) >= 11 is 0. The van der Waals surface area contributed by atoms with Crippen molar-refractivity contribution >= 4 is 18.2 Å². The van der Waals surface area contributed by atoms with E-state index in [1.807, 2.05) is 30.3 Å². The Morgan fingerprint density at radius 3 is 2.50 bits per heavy atom. The second-order valence-electron chi connectivity index (χ2n) is 7.83. The first-order chi connectivity index (χ1) is 15.2. The van der Waals surface area contributed by atoms with E-state index < -0.39 is 23.6 Å². The van der Waals surface area contributed by atoms with Crippen LogP contribution in [0.3, 0.4) is 0 Å². The molecule has 0 fully saturated rings. The highest BCUT2D eigenvalue weighted by Crippen LogP contribution is 2.27. The number of carbonyl (C=O) groups excluding carboxylic acids is 2. The molecule has 0 bridgehead atoms. The Morgan fingerprint density at radius 1 is 1.12 bits per heavy atom. The number of hydrogen-bond acceptors (Lipinski definition) is 7. The first-order valence-corrected chi connectivity index (χ1v) is 9.99. The number of aromatic hydroxyl groups is 1. The minimum Gasteiger partial charge on any atom is -0.504 e. The summed E-state index contributed by atoms with van der Waals surface area (Å²) in [5.74, 6) is -0.441. The summed E-state index contributed by atoms with van der Waals surface area (Å²) in [4.78, 5) is 24.8. The SMILES string of the molecule is COc1cccc(/C=N/NC(=O)C(COCc2ccccc2)NC(=O)OC(C)(C)C)c1O. The molecule has 9 heteroatoms. The summed E-state index contributed by atoms with van der Waals surface area (Å²) in [6, 6.07) is 13.2. The van der Waals surface area contributed by atoms with Crippen LogP contribution in [-0.2, 0) is 20.9 Å². The minimum absolute atomic E-state index is 0.0973. The minimum atomic E-state index is -1.05. The average Bonchev–Trinajstić information content (AvgIpc) is 2.73. The van der Waals surface area contributed by atoms with Crippen LogP contribution in [0.25, 0.3) is 0 Å². The predicted molar refractivity (Wildman–Crippen MR) is 120 cm³/mol. The largest absolute Gasteiger partial charge is 0.504 e. The average molecular weight is 444 g/mol. The second-order valence-corrected chi connectivity index (χ2v) is 7.83. The van der Waals surface area contributed by atoms with Gasteiger partial charge in [-0.1, -0.05) is 36.4 Å². The van der Waals surface area contributed by atoms with Gasteiger partial charge in [0, 0.05) is 5.56 Å². The Kier molecular flexibility index (Phi) is 9.03. The molecule has 0 radical (unpaired) electrons. The van der Waals surface area contributed by atoms with Gasteiger partial charge in [-0.25, -0.2) is 10.2 Å². The molecule has 2 aromatic rings. The quantitative estimate of drug-likeness (QED) is 0.405. The van der Waals surface area contributed by atoms with Crippen LogP contribution in [-0.4, -0.2) is 48.7 Å². The van der Waals surface area contributed by atoms with Crippen LogP contribution >= 0.6 is 0 Å². The van der Waals surface area contributed by atoms with Crippen molar-refractivity contribution < 1.29 is 28.9 Å². The number of nitrogens with one attached hydrogen (secondary N) is 2. The smallest absolute Gasteiger partial charge is 0.408 e. The number of para-hydroxylation sites is 1. The van der Waals surface area contributed by atoms with Crippen molar-refractivity contribution in [2.45, 2.75) is 39.0 Å². The molecule has 2 aromatic carbocycles. The van der Waals surface area contributed by atoms with Crippen molar-refractivity contribution in [3.05, 3.63) is 59.7 Å². The lowest BCUT2D eigenvalue weighted by Crippen LogP contribution is -2.49. The highest BCUT2D eigenvalue weighted by Gasteiger charge is 2.24. The fourth-order valence-electron chi connectivity index (χ4n) is 2.55. The summed E-state index contributed by atoms with van der Waals surface area (Å²) in [5, 5.41) is 16.4. The summed E-state index contributed by atoms with van der Waals surface area (Å²) < 4.78 is 15.9. The lowest BCUT2D eigenvalue weighted by Gasteiger charge is -2.22. The highest BCUT2D eigenvalue weighted by molar-refractivity contribution is 5.89. The molecule has 2 rings (SSSR count). The Balaban J connectivity index is 2.02. The van der Waals surface area contributed by atoms with Crippen LogP contribution in [0.1, 0.15) is 31.9 Å². The molecule has 0 saturated heterocycles. The monoisotopic (exact) mass is 443 g/mol. The van der Waals surface area contributed by atoms with Gasteiger partial charge in [0.05, 0.1) is 26.5 Å². The molecule has 172 valence electrons. The maximum atomic E-state index is 12.6. The number of alkyl carbamates (subject to hydrolysis) is 1. The Labute approximate surface area is 187 Å². The van der Waals surface area contributed by atoms with Crippen molar-refractivity contribution in [2.24, 2.45) is 5.10 Å². The molecule has 32 heavy (non-hydrogen) atoms. The van der Waals surface area contributed by atoms with Crippen LogP contribution in [0, 0.1) is 0 Å². The highest BCUT2D eigenvalue weighted by atomic mass is 16.6. The van der Waals surface area contributed by atoms with Crippen molar-refractivity contribution in [3.8, 4) is 11.5 Å².